The molecule has 1 heterocycles. The van der Waals surface area contributed by atoms with Gasteiger partial charge in [-0.15, -0.1) is 0 Å². The minimum atomic E-state index is -4.77. The number of aryl methyl sites for hydroxylation is 1. The largest absolute Gasteiger partial charge is 0.432 e. The smallest absolute Gasteiger partial charge is 0.429 e. The molecule has 1 fully saturated rings. The van der Waals surface area contributed by atoms with Gasteiger partial charge in [0.25, 0.3) is 0 Å². The third-order valence-electron chi connectivity index (χ3n) is 7.53. The van der Waals surface area contributed by atoms with Gasteiger partial charge < -0.3 is 14.2 Å². The van der Waals surface area contributed by atoms with Crippen molar-refractivity contribution in [1.29, 1.82) is 0 Å². The highest BCUT2D eigenvalue weighted by Gasteiger charge is 2.41. The van der Waals surface area contributed by atoms with Gasteiger partial charge in [-0.2, -0.15) is 8.78 Å². The minimum Gasteiger partial charge on any atom is -0.429 e. The van der Waals surface area contributed by atoms with Gasteiger partial charge in [-0.1, -0.05) is 56.2 Å². The Morgan fingerprint density at radius 3 is 1.89 bits per heavy atom. The van der Waals surface area contributed by atoms with E-state index in [1.807, 2.05) is 12.1 Å². The number of hydrogen-bond donors (Lipinski definition) is 0. The van der Waals surface area contributed by atoms with Crippen LogP contribution < -0.4 is 4.74 Å². The van der Waals surface area contributed by atoms with E-state index in [4.69, 9.17) is 9.47 Å². The molecule has 45 heavy (non-hydrogen) atoms. The van der Waals surface area contributed by atoms with Crippen molar-refractivity contribution in [3.63, 3.8) is 0 Å². The second-order valence-electron chi connectivity index (χ2n) is 10.8. The molecule has 4 aromatic rings. The van der Waals surface area contributed by atoms with Gasteiger partial charge in [0.2, 0.25) is 0 Å². The molecule has 0 unspecified atom stereocenters. The fraction of sp³-hybridized carbons (Fsp3) is 0.294. The lowest BCUT2D eigenvalue weighted by Gasteiger charge is -2.30. The van der Waals surface area contributed by atoms with Crippen LogP contribution in [0.1, 0.15) is 60.6 Å². The molecule has 11 heteroatoms. The van der Waals surface area contributed by atoms with E-state index in [1.165, 1.54) is 24.1 Å². The summed E-state index contributed by atoms with van der Waals surface area (Å²) in [7, 11) is 0. The summed E-state index contributed by atoms with van der Waals surface area (Å²) in [5, 5.41) is 0. The third kappa shape index (κ3) is 7.31. The molecule has 0 radical (unpaired) electrons. The zero-order valence-corrected chi connectivity index (χ0v) is 24.0. The van der Waals surface area contributed by atoms with Crippen molar-refractivity contribution in [3.05, 3.63) is 124 Å². The Bertz CT molecular complexity index is 1600. The zero-order valence-electron chi connectivity index (χ0n) is 24.0. The molecule has 238 valence electrons. The summed E-state index contributed by atoms with van der Waals surface area (Å²) < 4.78 is 130. The van der Waals surface area contributed by atoms with Gasteiger partial charge in [0.15, 0.2) is 23.7 Å². The molecule has 0 amide bonds. The molecule has 4 aromatic carbocycles. The predicted molar refractivity (Wildman–Crippen MR) is 150 cm³/mol. The molecule has 0 N–H and O–H groups in total. The summed E-state index contributed by atoms with van der Waals surface area (Å²) in [5.41, 5.74) is 0.0111. The van der Waals surface area contributed by atoms with E-state index in [2.05, 4.69) is 23.8 Å². The van der Waals surface area contributed by atoms with Crippen LogP contribution in [0.15, 0.2) is 66.7 Å². The monoisotopic (exact) mass is 636 g/mol. The molecule has 5 rings (SSSR count). The van der Waals surface area contributed by atoms with E-state index in [1.54, 1.807) is 0 Å². The number of hydrogen-bond acceptors (Lipinski definition) is 3. The van der Waals surface area contributed by atoms with Crippen molar-refractivity contribution < 1.29 is 49.3 Å². The van der Waals surface area contributed by atoms with E-state index in [9.17, 15) is 30.7 Å². The van der Waals surface area contributed by atoms with Crippen molar-refractivity contribution in [3.8, 4) is 16.9 Å². The SMILES string of the molecule is CCCCCc1ccc(C2COC(c3ccc(-c4cc(F)c(C(F)(F)Oc5cc(F)c(F)c(F)c5)c(F)c4)c(F)c3)OC2)cc1. The topological polar surface area (TPSA) is 27.7 Å². The Morgan fingerprint density at radius 1 is 0.711 bits per heavy atom. The Hall–Kier alpha value is -3.96. The summed E-state index contributed by atoms with van der Waals surface area (Å²) in [6.07, 6.45) is -1.18. The van der Waals surface area contributed by atoms with Gasteiger partial charge in [0.1, 0.15) is 28.8 Å². The molecular weight excluding hydrogens is 608 g/mol. The van der Waals surface area contributed by atoms with Gasteiger partial charge in [-0.05, 0) is 47.7 Å². The first-order valence-electron chi connectivity index (χ1n) is 14.3. The van der Waals surface area contributed by atoms with E-state index in [-0.39, 0.29) is 23.6 Å². The Morgan fingerprint density at radius 2 is 1.31 bits per heavy atom. The molecule has 0 aliphatic carbocycles. The van der Waals surface area contributed by atoms with E-state index >= 15 is 4.39 Å². The van der Waals surface area contributed by atoms with Crippen LogP contribution in [0.25, 0.3) is 11.1 Å². The molecule has 1 saturated heterocycles. The van der Waals surface area contributed by atoms with Crippen LogP contribution in [0.2, 0.25) is 0 Å². The van der Waals surface area contributed by atoms with Crippen LogP contribution in [-0.4, -0.2) is 13.2 Å². The van der Waals surface area contributed by atoms with Crippen molar-refractivity contribution in [2.45, 2.75) is 50.9 Å². The second kappa shape index (κ2) is 13.6. The lowest BCUT2D eigenvalue weighted by molar-refractivity contribution is -0.191. The second-order valence-corrected chi connectivity index (χ2v) is 10.8. The third-order valence-corrected chi connectivity index (χ3v) is 7.53. The molecule has 0 spiro atoms. The van der Waals surface area contributed by atoms with E-state index < -0.39 is 64.2 Å². The lowest BCUT2D eigenvalue weighted by atomic mass is 9.97. The van der Waals surface area contributed by atoms with Crippen LogP contribution in [0.5, 0.6) is 5.75 Å². The molecule has 0 aromatic heterocycles. The Balaban J connectivity index is 1.26. The van der Waals surface area contributed by atoms with Gasteiger partial charge in [0, 0.05) is 29.2 Å². The fourth-order valence-electron chi connectivity index (χ4n) is 5.13. The predicted octanol–water partition coefficient (Wildman–Crippen LogP) is 9.88. The first-order chi connectivity index (χ1) is 21.5. The number of rotatable bonds is 10. The number of alkyl halides is 2. The van der Waals surface area contributed by atoms with Crippen molar-refractivity contribution >= 4 is 0 Å². The molecule has 0 saturated carbocycles. The summed E-state index contributed by atoms with van der Waals surface area (Å²) in [6.45, 7) is 2.78. The highest BCUT2D eigenvalue weighted by Crippen LogP contribution is 2.39. The van der Waals surface area contributed by atoms with Gasteiger partial charge >= 0.3 is 6.11 Å². The molecule has 0 bridgehead atoms. The van der Waals surface area contributed by atoms with E-state index in [0.29, 0.717) is 30.9 Å². The van der Waals surface area contributed by atoms with Crippen LogP contribution in [0.3, 0.4) is 0 Å². The maximum absolute atomic E-state index is 15.1. The number of ether oxygens (including phenoxy) is 3. The summed E-state index contributed by atoms with van der Waals surface area (Å²) in [4.78, 5) is 0. The number of halogens is 8. The maximum atomic E-state index is 15.1. The average Bonchev–Trinajstić information content (AvgIpc) is 2.99. The van der Waals surface area contributed by atoms with Crippen LogP contribution >= 0.6 is 0 Å². The van der Waals surface area contributed by atoms with Crippen LogP contribution in [0, 0.1) is 34.9 Å². The first-order valence-corrected chi connectivity index (χ1v) is 14.3. The lowest BCUT2D eigenvalue weighted by Crippen LogP contribution is -2.26. The van der Waals surface area contributed by atoms with Gasteiger partial charge in [-0.25, -0.2) is 26.3 Å². The Kier molecular flexibility index (Phi) is 9.79. The summed E-state index contributed by atoms with van der Waals surface area (Å²) in [5.74, 6) is -11.4. The summed E-state index contributed by atoms with van der Waals surface area (Å²) in [6, 6.07) is 13.1. The van der Waals surface area contributed by atoms with Crippen molar-refractivity contribution in [2.24, 2.45) is 0 Å². The minimum absolute atomic E-state index is 0.0252. The molecule has 3 nitrogen and oxygen atoms in total. The quantitative estimate of drug-likeness (QED) is 0.0986. The number of benzene rings is 4. The Labute approximate surface area is 254 Å². The molecule has 1 aliphatic rings. The van der Waals surface area contributed by atoms with Crippen molar-refractivity contribution in [1.82, 2.24) is 0 Å². The van der Waals surface area contributed by atoms with Crippen molar-refractivity contribution in [2.75, 3.05) is 13.2 Å². The van der Waals surface area contributed by atoms with Gasteiger partial charge in [0.05, 0.1) is 13.2 Å². The first kappa shape index (κ1) is 32.4. The fourth-order valence-corrected chi connectivity index (χ4v) is 5.13. The zero-order chi connectivity index (χ0) is 32.3. The van der Waals surface area contributed by atoms with Crippen LogP contribution in [-0.2, 0) is 22.0 Å². The maximum Gasteiger partial charge on any atom is 0.432 e. The molecule has 1 aliphatic heterocycles. The standard InChI is InChI=1S/C34H28F8O3/c1-2-3-4-5-19-6-8-20(9-7-19)23-17-43-33(44-18-23)21-10-11-25(26(35)12-21)22-13-27(36)31(28(37)14-22)34(41,42)45-24-15-29(38)32(40)30(39)16-24/h6-16,23,33H,2-5,17-18H2,1H3. The van der Waals surface area contributed by atoms with Gasteiger partial charge in [-0.3, -0.25) is 0 Å². The molecule has 0 atom stereocenters. The average molecular weight is 637 g/mol. The van der Waals surface area contributed by atoms with Crippen LogP contribution in [0.4, 0.5) is 35.1 Å². The molecular formula is C34H28F8O3. The summed E-state index contributed by atoms with van der Waals surface area (Å²) >= 11 is 0. The highest BCUT2D eigenvalue weighted by atomic mass is 19.3. The number of unbranched alkanes of at least 4 members (excludes halogenated alkanes) is 2. The normalized spacial score (nSPS) is 17.0. The highest BCUT2D eigenvalue weighted by molar-refractivity contribution is 5.65. The van der Waals surface area contributed by atoms with E-state index in [0.717, 1.165) is 30.9 Å².